The van der Waals surface area contributed by atoms with Crippen molar-refractivity contribution in [3.05, 3.63) is 256 Å². The zero-order valence-corrected chi connectivity index (χ0v) is 33.5. The summed E-state index contributed by atoms with van der Waals surface area (Å²) in [7, 11) is 0. The Bertz CT molecular complexity index is 2360. The Hall–Kier alpha value is -6.24. The summed E-state index contributed by atoms with van der Waals surface area (Å²) in [5, 5.41) is 0. The summed E-state index contributed by atoms with van der Waals surface area (Å²) in [5.41, 5.74) is 19.9. The highest BCUT2D eigenvalue weighted by Gasteiger charge is 2.23. The van der Waals surface area contributed by atoms with Gasteiger partial charge in [0.2, 0.25) is 0 Å². The van der Waals surface area contributed by atoms with Crippen LogP contribution in [-0.2, 0) is 6.42 Å². The number of aryl methyl sites for hydroxylation is 1. The zero-order valence-electron chi connectivity index (χ0n) is 33.5. The molecule has 4 aromatic rings. The minimum Gasteiger partial charge on any atom is -0.0911 e. The van der Waals surface area contributed by atoms with Crippen LogP contribution in [0.4, 0.5) is 0 Å². The second kappa shape index (κ2) is 19.2. The number of hydrogen-bond acceptors (Lipinski definition) is 0. The van der Waals surface area contributed by atoms with Gasteiger partial charge in [-0.25, -0.2) is 0 Å². The maximum atomic E-state index is 4.55. The first-order valence-electron chi connectivity index (χ1n) is 19.1. The van der Waals surface area contributed by atoms with Gasteiger partial charge < -0.3 is 0 Å². The number of benzene rings is 4. The van der Waals surface area contributed by atoms with Crippen molar-refractivity contribution in [1.29, 1.82) is 0 Å². The molecule has 0 N–H and O–H groups in total. The van der Waals surface area contributed by atoms with Crippen molar-refractivity contribution in [2.75, 3.05) is 0 Å². The van der Waals surface area contributed by atoms with E-state index in [2.05, 4.69) is 206 Å². The van der Waals surface area contributed by atoms with Crippen LogP contribution in [0.3, 0.4) is 0 Å². The Morgan fingerprint density at radius 1 is 0.691 bits per heavy atom. The quantitative estimate of drug-likeness (QED) is 0.121. The molecule has 0 unspecified atom stereocenters. The number of hydrogen-bond donors (Lipinski definition) is 0. The van der Waals surface area contributed by atoms with Crippen LogP contribution in [0.5, 0.6) is 0 Å². The van der Waals surface area contributed by atoms with Crippen molar-refractivity contribution >= 4 is 28.4 Å². The van der Waals surface area contributed by atoms with Crippen molar-refractivity contribution in [2.45, 2.75) is 48.0 Å². The monoisotopic (exact) mass is 714 g/mol. The maximum absolute atomic E-state index is 4.55. The molecule has 55 heavy (non-hydrogen) atoms. The minimum atomic E-state index is 0.927. The van der Waals surface area contributed by atoms with Gasteiger partial charge in [0.25, 0.3) is 0 Å². The number of allylic oxidation sites excluding steroid dienone is 20. The van der Waals surface area contributed by atoms with Crippen LogP contribution in [0.2, 0.25) is 0 Å². The summed E-state index contributed by atoms with van der Waals surface area (Å²) in [6.45, 7) is 26.3. The standard InChI is InChI=1S/C55H54/c1-10-12-14-24-40(4)53(44(8)43(7)51-33-21-17-25-39(51)3)35-41(5)47(11-2)28-19-18-26-46-27-23-32-49(37-46)42(6)36-55-52-34-22-20-31-50(52)38-54(55)45(9)48-29-15-13-16-30-48/h10-37H,4,6-7,38H2,1-3,5,8-9H3/b12-10-,24-14-,26-18+,28-19-,41-35+,47-11+,53-44+,54-45+,55-36-. The van der Waals surface area contributed by atoms with E-state index in [1.54, 1.807) is 0 Å². The molecule has 0 saturated carbocycles. The average molecular weight is 715 g/mol. The predicted molar refractivity (Wildman–Crippen MR) is 244 cm³/mol. The van der Waals surface area contributed by atoms with Crippen LogP contribution >= 0.6 is 0 Å². The lowest BCUT2D eigenvalue weighted by atomic mass is 9.89. The Balaban J connectivity index is 1.38. The van der Waals surface area contributed by atoms with E-state index < -0.39 is 0 Å². The van der Waals surface area contributed by atoms with Gasteiger partial charge in [0, 0.05) is 0 Å². The summed E-state index contributed by atoms with van der Waals surface area (Å²) in [5.74, 6) is 0. The Kier molecular flexibility index (Phi) is 13.9. The fourth-order valence-electron chi connectivity index (χ4n) is 7.02. The number of fused-ring (bicyclic) bond motifs is 1. The molecule has 0 radical (unpaired) electrons. The molecular formula is C55H54. The lowest BCUT2D eigenvalue weighted by Crippen LogP contribution is -1.96. The van der Waals surface area contributed by atoms with E-state index in [9.17, 15) is 0 Å². The van der Waals surface area contributed by atoms with Crippen molar-refractivity contribution in [3.8, 4) is 0 Å². The SMILES string of the molecule is C=C(/C=C\C=C/C)C(/C=C(C)/C(/C=C\C=C\c1cccc(C(=C)/C=C2\C(=C(/C)c3ccccc3)Cc3ccccc32)c1)=C/C)=C(\C)C(=C)c1ccccc1C. The van der Waals surface area contributed by atoms with E-state index >= 15 is 0 Å². The van der Waals surface area contributed by atoms with Crippen molar-refractivity contribution in [3.63, 3.8) is 0 Å². The molecule has 0 bridgehead atoms. The highest BCUT2D eigenvalue weighted by atomic mass is 14.3. The molecular weight excluding hydrogens is 661 g/mol. The van der Waals surface area contributed by atoms with Crippen molar-refractivity contribution in [2.24, 2.45) is 0 Å². The number of rotatable bonds is 13. The fraction of sp³-hybridized carbons (Fsp3) is 0.127. The molecule has 0 nitrogen and oxygen atoms in total. The van der Waals surface area contributed by atoms with Gasteiger partial charge in [0.05, 0.1) is 0 Å². The van der Waals surface area contributed by atoms with Gasteiger partial charge in [-0.1, -0.05) is 178 Å². The first-order chi connectivity index (χ1) is 26.6. The fourth-order valence-corrected chi connectivity index (χ4v) is 7.02. The van der Waals surface area contributed by atoms with E-state index in [-0.39, 0.29) is 0 Å². The third-order valence-corrected chi connectivity index (χ3v) is 10.3. The molecule has 4 aromatic carbocycles. The van der Waals surface area contributed by atoms with Crippen LogP contribution < -0.4 is 0 Å². The molecule has 0 amide bonds. The summed E-state index contributed by atoms with van der Waals surface area (Å²) < 4.78 is 0. The van der Waals surface area contributed by atoms with E-state index in [1.165, 1.54) is 39.0 Å². The molecule has 0 saturated heterocycles. The van der Waals surface area contributed by atoms with Crippen molar-refractivity contribution in [1.82, 2.24) is 0 Å². The third-order valence-electron chi connectivity index (χ3n) is 10.3. The molecule has 0 fully saturated rings. The zero-order chi connectivity index (χ0) is 39.3. The molecule has 0 spiro atoms. The van der Waals surface area contributed by atoms with Crippen LogP contribution in [0, 0.1) is 6.92 Å². The van der Waals surface area contributed by atoms with Crippen LogP contribution in [-0.4, -0.2) is 0 Å². The molecule has 0 aliphatic heterocycles. The maximum Gasteiger partial charge on any atom is -0.00106 e. The first kappa shape index (κ1) is 40.0. The summed E-state index contributed by atoms with van der Waals surface area (Å²) in [4.78, 5) is 0. The lowest BCUT2D eigenvalue weighted by Gasteiger charge is -2.16. The summed E-state index contributed by atoms with van der Waals surface area (Å²) in [6.07, 6.45) is 24.3. The molecule has 0 heterocycles. The lowest BCUT2D eigenvalue weighted by molar-refractivity contribution is 1.26. The van der Waals surface area contributed by atoms with Gasteiger partial charge in [0.1, 0.15) is 0 Å². The minimum absolute atomic E-state index is 0.927. The molecule has 1 aliphatic rings. The second-order valence-electron chi connectivity index (χ2n) is 14.0. The Morgan fingerprint density at radius 2 is 1.38 bits per heavy atom. The van der Waals surface area contributed by atoms with Crippen LogP contribution in [0.1, 0.15) is 73.6 Å². The van der Waals surface area contributed by atoms with Gasteiger partial charge in [-0.3, -0.25) is 0 Å². The van der Waals surface area contributed by atoms with E-state index in [4.69, 9.17) is 0 Å². The van der Waals surface area contributed by atoms with E-state index in [1.807, 2.05) is 25.2 Å². The average Bonchev–Trinajstić information content (AvgIpc) is 3.57. The normalized spacial score (nSPS) is 15.7. The molecule has 274 valence electrons. The van der Waals surface area contributed by atoms with Gasteiger partial charge in [-0.15, -0.1) is 0 Å². The highest BCUT2D eigenvalue weighted by Crippen LogP contribution is 2.42. The molecule has 5 rings (SSSR count). The van der Waals surface area contributed by atoms with Crippen molar-refractivity contribution < 1.29 is 0 Å². The topological polar surface area (TPSA) is 0 Å². The van der Waals surface area contributed by atoms with Crippen LogP contribution in [0.25, 0.3) is 28.4 Å². The molecule has 0 atom stereocenters. The smallest absolute Gasteiger partial charge is 0.00106 e. The van der Waals surface area contributed by atoms with Gasteiger partial charge in [-0.05, 0) is 155 Å². The second-order valence-corrected chi connectivity index (χ2v) is 14.0. The summed E-state index contributed by atoms with van der Waals surface area (Å²) >= 11 is 0. The van der Waals surface area contributed by atoms with Crippen LogP contribution in [0.15, 0.2) is 217 Å². The largest absolute Gasteiger partial charge is 0.0911 e. The molecule has 0 heteroatoms. The Morgan fingerprint density at radius 3 is 2.13 bits per heavy atom. The van der Waals surface area contributed by atoms with E-state index in [0.717, 1.165) is 62.1 Å². The van der Waals surface area contributed by atoms with Gasteiger partial charge in [0.15, 0.2) is 0 Å². The third kappa shape index (κ3) is 10.0. The Labute approximate surface area is 331 Å². The van der Waals surface area contributed by atoms with Gasteiger partial charge in [-0.2, -0.15) is 0 Å². The summed E-state index contributed by atoms with van der Waals surface area (Å²) in [6, 6.07) is 36.4. The van der Waals surface area contributed by atoms with Gasteiger partial charge >= 0.3 is 0 Å². The predicted octanol–water partition coefficient (Wildman–Crippen LogP) is 15.3. The molecule has 0 aromatic heterocycles. The molecule has 1 aliphatic carbocycles. The first-order valence-corrected chi connectivity index (χ1v) is 19.1. The van der Waals surface area contributed by atoms with E-state index in [0.29, 0.717) is 0 Å². The highest BCUT2D eigenvalue weighted by molar-refractivity contribution is 5.98.